The summed E-state index contributed by atoms with van der Waals surface area (Å²) < 4.78 is 5.79. The Balaban J connectivity index is 1.23. The van der Waals surface area contributed by atoms with E-state index in [1.165, 1.54) is 0 Å². The molecule has 0 radical (unpaired) electrons. The largest absolute Gasteiger partial charge is 0.489 e. The fourth-order valence-corrected chi connectivity index (χ4v) is 3.43. The molecule has 2 aliphatic rings. The third-order valence-corrected chi connectivity index (χ3v) is 5.32. The van der Waals surface area contributed by atoms with E-state index in [1.807, 2.05) is 59.5 Å². The van der Waals surface area contributed by atoms with Crippen LogP contribution in [0.25, 0.3) is 0 Å². The third-order valence-electron chi connectivity index (χ3n) is 5.32. The van der Waals surface area contributed by atoms with Gasteiger partial charge in [0, 0.05) is 37.8 Å². The highest BCUT2D eigenvalue weighted by Crippen LogP contribution is 2.19. The van der Waals surface area contributed by atoms with E-state index in [9.17, 15) is 9.59 Å². The lowest BCUT2D eigenvalue weighted by Gasteiger charge is -2.34. The van der Waals surface area contributed by atoms with Gasteiger partial charge in [0.15, 0.2) is 0 Å². The summed E-state index contributed by atoms with van der Waals surface area (Å²) in [4.78, 5) is 28.7. The van der Waals surface area contributed by atoms with Crippen LogP contribution in [0.1, 0.15) is 28.8 Å². The average molecular weight is 393 g/mol. The van der Waals surface area contributed by atoms with Crippen LogP contribution in [0.5, 0.6) is 5.75 Å². The molecule has 0 bridgehead atoms. The van der Waals surface area contributed by atoms with Gasteiger partial charge < -0.3 is 15.0 Å². The Hall–Kier alpha value is -2.86. The number of rotatable bonds is 7. The Kier molecular flexibility index (Phi) is 6.10. The molecule has 4 rings (SSSR count). The molecule has 0 aromatic heterocycles. The molecular weight excluding hydrogens is 366 g/mol. The summed E-state index contributed by atoms with van der Waals surface area (Å²) in [5.41, 5.74) is 1.77. The number of hydrogen-bond donors (Lipinski definition) is 1. The minimum absolute atomic E-state index is 0.0293. The molecule has 2 aromatic carbocycles. The second-order valence-corrected chi connectivity index (χ2v) is 7.71. The maximum atomic E-state index is 12.8. The van der Waals surface area contributed by atoms with Gasteiger partial charge >= 0.3 is 0 Å². The van der Waals surface area contributed by atoms with E-state index < -0.39 is 0 Å². The van der Waals surface area contributed by atoms with Crippen LogP contribution >= 0.6 is 0 Å². The second-order valence-electron chi connectivity index (χ2n) is 7.71. The smallest absolute Gasteiger partial charge is 0.253 e. The molecule has 1 N–H and O–H groups in total. The number of hydrogen-bond acceptors (Lipinski definition) is 4. The van der Waals surface area contributed by atoms with Crippen LogP contribution in [-0.2, 0) is 11.4 Å². The molecule has 29 heavy (non-hydrogen) atoms. The number of amides is 2. The summed E-state index contributed by atoms with van der Waals surface area (Å²) >= 11 is 0. The Morgan fingerprint density at radius 3 is 2.28 bits per heavy atom. The maximum absolute atomic E-state index is 12.8. The third kappa shape index (κ3) is 5.57. The zero-order valence-corrected chi connectivity index (χ0v) is 16.5. The Bertz CT molecular complexity index is 826. The zero-order chi connectivity index (χ0) is 20.1. The minimum atomic E-state index is 0.0293. The van der Waals surface area contributed by atoms with Crippen molar-refractivity contribution in [2.75, 3.05) is 32.7 Å². The van der Waals surface area contributed by atoms with Crippen molar-refractivity contribution in [3.8, 4) is 5.75 Å². The molecule has 2 aromatic rings. The van der Waals surface area contributed by atoms with Gasteiger partial charge in [-0.1, -0.05) is 30.3 Å². The van der Waals surface area contributed by atoms with Crippen LogP contribution < -0.4 is 10.1 Å². The molecule has 152 valence electrons. The molecule has 1 aliphatic carbocycles. The number of nitrogens with one attached hydrogen (secondary N) is 1. The van der Waals surface area contributed by atoms with E-state index in [4.69, 9.17) is 4.74 Å². The Morgan fingerprint density at radius 1 is 0.931 bits per heavy atom. The highest BCUT2D eigenvalue weighted by Gasteiger charge is 2.26. The van der Waals surface area contributed by atoms with Gasteiger partial charge in [-0.25, -0.2) is 0 Å². The molecule has 1 aliphatic heterocycles. The molecule has 6 heteroatoms. The highest BCUT2D eigenvalue weighted by atomic mass is 16.5. The Labute approximate surface area is 171 Å². The van der Waals surface area contributed by atoms with Gasteiger partial charge in [-0.2, -0.15) is 0 Å². The molecule has 0 spiro atoms. The van der Waals surface area contributed by atoms with Crippen LogP contribution in [0.2, 0.25) is 0 Å². The van der Waals surface area contributed by atoms with E-state index >= 15 is 0 Å². The van der Waals surface area contributed by atoms with Crippen molar-refractivity contribution < 1.29 is 14.3 Å². The summed E-state index contributed by atoms with van der Waals surface area (Å²) in [6, 6.07) is 17.7. The SMILES string of the molecule is O=C(CN1CCN(C(=O)c2ccc(OCc3ccccc3)cc2)CC1)NC1CC1. The van der Waals surface area contributed by atoms with Gasteiger partial charge in [0.2, 0.25) is 5.91 Å². The molecule has 0 atom stereocenters. The first kappa shape index (κ1) is 19.5. The lowest BCUT2D eigenvalue weighted by atomic mass is 10.1. The summed E-state index contributed by atoms with van der Waals surface area (Å²) in [7, 11) is 0. The van der Waals surface area contributed by atoms with Gasteiger partial charge in [-0.15, -0.1) is 0 Å². The predicted octanol–water partition coefficient (Wildman–Crippen LogP) is 2.30. The van der Waals surface area contributed by atoms with Crippen LogP contribution in [0, 0.1) is 0 Å². The van der Waals surface area contributed by atoms with Crippen molar-refractivity contribution in [1.82, 2.24) is 15.1 Å². The predicted molar refractivity (Wildman–Crippen MR) is 111 cm³/mol. The summed E-state index contributed by atoms with van der Waals surface area (Å²) in [6.45, 7) is 3.66. The first-order valence-electron chi connectivity index (χ1n) is 10.3. The number of carbonyl (C=O) groups is 2. The topological polar surface area (TPSA) is 61.9 Å². The molecule has 2 fully saturated rings. The number of piperazine rings is 1. The summed E-state index contributed by atoms with van der Waals surface area (Å²) in [5.74, 6) is 0.872. The summed E-state index contributed by atoms with van der Waals surface area (Å²) in [5, 5.41) is 3.01. The number of carbonyl (C=O) groups excluding carboxylic acids is 2. The van der Waals surface area contributed by atoms with Crippen LogP contribution in [0.4, 0.5) is 0 Å². The molecular formula is C23H27N3O3. The van der Waals surface area contributed by atoms with Crippen molar-refractivity contribution in [2.45, 2.75) is 25.5 Å². The van der Waals surface area contributed by atoms with Crippen molar-refractivity contribution in [3.05, 3.63) is 65.7 Å². The number of ether oxygens (including phenoxy) is 1. The first-order valence-corrected chi connectivity index (χ1v) is 10.3. The van der Waals surface area contributed by atoms with Crippen molar-refractivity contribution in [3.63, 3.8) is 0 Å². The van der Waals surface area contributed by atoms with Gasteiger partial charge in [-0.3, -0.25) is 14.5 Å². The van der Waals surface area contributed by atoms with Gasteiger partial charge in [0.1, 0.15) is 12.4 Å². The first-order chi connectivity index (χ1) is 14.2. The zero-order valence-electron chi connectivity index (χ0n) is 16.5. The lowest BCUT2D eigenvalue weighted by molar-refractivity contribution is -0.122. The normalized spacial score (nSPS) is 17.0. The van der Waals surface area contributed by atoms with E-state index in [-0.39, 0.29) is 11.8 Å². The summed E-state index contributed by atoms with van der Waals surface area (Å²) in [6.07, 6.45) is 2.20. The van der Waals surface area contributed by atoms with Crippen molar-refractivity contribution in [1.29, 1.82) is 0 Å². The van der Waals surface area contributed by atoms with E-state index in [0.717, 1.165) is 37.2 Å². The fraction of sp³-hybridized carbons (Fsp3) is 0.391. The van der Waals surface area contributed by atoms with Crippen LogP contribution in [-0.4, -0.2) is 60.4 Å². The maximum Gasteiger partial charge on any atom is 0.253 e. The van der Waals surface area contributed by atoms with Gasteiger partial charge in [0.25, 0.3) is 5.91 Å². The highest BCUT2D eigenvalue weighted by molar-refractivity contribution is 5.94. The van der Waals surface area contributed by atoms with E-state index in [0.29, 0.717) is 37.8 Å². The second kappa shape index (κ2) is 9.09. The van der Waals surface area contributed by atoms with E-state index in [1.54, 1.807) is 0 Å². The number of benzene rings is 2. The monoisotopic (exact) mass is 393 g/mol. The quantitative estimate of drug-likeness (QED) is 0.784. The molecule has 1 saturated heterocycles. The number of nitrogens with zero attached hydrogens (tertiary/aromatic N) is 2. The minimum Gasteiger partial charge on any atom is -0.489 e. The van der Waals surface area contributed by atoms with Crippen molar-refractivity contribution in [2.24, 2.45) is 0 Å². The molecule has 6 nitrogen and oxygen atoms in total. The van der Waals surface area contributed by atoms with Crippen molar-refractivity contribution >= 4 is 11.8 Å². The van der Waals surface area contributed by atoms with Gasteiger partial charge in [0.05, 0.1) is 6.54 Å². The standard InChI is InChI=1S/C23H27N3O3/c27-22(24-20-8-9-20)16-25-12-14-26(15-13-25)23(28)19-6-10-21(11-7-19)29-17-18-4-2-1-3-5-18/h1-7,10-11,20H,8-9,12-17H2,(H,24,27). The molecule has 0 unspecified atom stereocenters. The Morgan fingerprint density at radius 2 is 1.62 bits per heavy atom. The van der Waals surface area contributed by atoms with E-state index in [2.05, 4.69) is 10.2 Å². The lowest BCUT2D eigenvalue weighted by Crippen LogP contribution is -2.51. The van der Waals surface area contributed by atoms with Crippen LogP contribution in [0.15, 0.2) is 54.6 Å². The molecule has 1 heterocycles. The van der Waals surface area contributed by atoms with Crippen LogP contribution in [0.3, 0.4) is 0 Å². The molecule has 1 saturated carbocycles. The molecule has 2 amide bonds. The van der Waals surface area contributed by atoms with Gasteiger partial charge in [-0.05, 0) is 42.7 Å². The average Bonchev–Trinajstić information content (AvgIpc) is 3.57. The fourth-order valence-electron chi connectivity index (χ4n) is 3.43.